The van der Waals surface area contributed by atoms with Crippen molar-refractivity contribution in [2.75, 3.05) is 26.5 Å². The van der Waals surface area contributed by atoms with Gasteiger partial charge in [-0.05, 0) is 61.8 Å². The van der Waals surface area contributed by atoms with Crippen molar-refractivity contribution in [2.45, 2.75) is 58.0 Å². The minimum atomic E-state index is 0.346. The van der Waals surface area contributed by atoms with Gasteiger partial charge in [0.2, 0.25) is 6.79 Å². The molecule has 0 aliphatic carbocycles. The van der Waals surface area contributed by atoms with Crippen LogP contribution in [0.25, 0.3) is 0 Å². The number of hydrogen-bond acceptors (Lipinski definition) is 4. The monoisotopic (exact) mass is 333 g/mol. The average Bonchev–Trinajstić information content (AvgIpc) is 3.24. The Morgan fingerprint density at radius 3 is 2.79 bits per heavy atom. The van der Waals surface area contributed by atoms with Crippen molar-refractivity contribution in [1.29, 1.82) is 0 Å². The standard InChI is InChI=1S/C20H31NO3/c1-15(2)5-6-16(9-10-21-13-18-4-3-11-22-18)17-7-8-19-20(12-17)24-14-23-19/h7-8,12,15-16,18,21H,3-6,9-11,13-14H2,1-2H3/t16-,18-/m1/s1. The van der Waals surface area contributed by atoms with Gasteiger partial charge in [0, 0.05) is 13.2 Å². The molecule has 0 bridgehead atoms. The van der Waals surface area contributed by atoms with E-state index in [1.54, 1.807) is 0 Å². The van der Waals surface area contributed by atoms with Crippen LogP contribution in [0.2, 0.25) is 0 Å². The Morgan fingerprint density at radius 2 is 2.00 bits per heavy atom. The van der Waals surface area contributed by atoms with Crippen LogP contribution in [0.3, 0.4) is 0 Å². The minimum Gasteiger partial charge on any atom is -0.454 e. The zero-order valence-electron chi connectivity index (χ0n) is 15.1. The maximum Gasteiger partial charge on any atom is 0.231 e. The lowest BCUT2D eigenvalue weighted by Crippen LogP contribution is -2.27. The summed E-state index contributed by atoms with van der Waals surface area (Å²) in [4.78, 5) is 0. The third-order valence-electron chi connectivity index (χ3n) is 5.03. The van der Waals surface area contributed by atoms with Gasteiger partial charge < -0.3 is 19.5 Å². The molecule has 0 spiro atoms. The minimum absolute atomic E-state index is 0.346. The Bertz CT molecular complexity index is 512. The molecule has 1 N–H and O–H groups in total. The highest BCUT2D eigenvalue weighted by Crippen LogP contribution is 2.37. The van der Waals surface area contributed by atoms with Crippen molar-refractivity contribution in [2.24, 2.45) is 5.92 Å². The van der Waals surface area contributed by atoms with E-state index in [-0.39, 0.29) is 0 Å². The van der Waals surface area contributed by atoms with Crippen LogP contribution in [0.1, 0.15) is 57.4 Å². The molecule has 2 atom stereocenters. The van der Waals surface area contributed by atoms with Crippen LogP contribution >= 0.6 is 0 Å². The number of ether oxygens (including phenoxy) is 3. The smallest absolute Gasteiger partial charge is 0.231 e. The van der Waals surface area contributed by atoms with Gasteiger partial charge in [0.1, 0.15) is 0 Å². The molecule has 0 aromatic heterocycles. The fourth-order valence-electron chi connectivity index (χ4n) is 3.52. The highest BCUT2D eigenvalue weighted by molar-refractivity contribution is 5.45. The van der Waals surface area contributed by atoms with Crippen LogP contribution in [-0.2, 0) is 4.74 Å². The molecule has 3 rings (SSSR count). The summed E-state index contributed by atoms with van der Waals surface area (Å²) in [6, 6.07) is 6.44. The van der Waals surface area contributed by atoms with Crippen LogP contribution in [0.15, 0.2) is 18.2 Å². The number of fused-ring (bicyclic) bond motifs is 1. The van der Waals surface area contributed by atoms with Gasteiger partial charge in [-0.25, -0.2) is 0 Å². The van der Waals surface area contributed by atoms with Gasteiger partial charge in [-0.2, -0.15) is 0 Å². The van der Waals surface area contributed by atoms with E-state index >= 15 is 0 Å². The summed E-state index contributed by atoms with van der Waals surface area (Å²) in [5, 5.41) is 3.59. The average molecular weight is 333 g/mol. The molecule has 0 unspecified atom stereocenters. The summed E-state index contributed by atoms with van der Waals surface area (Å²) < 4.78 is 16.7. The Labute approximate surface area is 145 Å². The van der Waals surface area contributed by atoms with Crippen LogP contribution in [0.4, 0.5) is 0 Å². The molecule has 1 aromatic rings. The van der Waals surface area contributed by atoms with Crippen LogP contribution in [0.5, 0.6) is 11.5 Å². The third-order valence-corrected chi connectivity index (χ3v) is 5.03. The molecule has 134 valence electrons. The Kier molecular flexibility index (Phi) is 6.38. The molecule has 2 heterocycles. The SMILES string of the molecule is CC(C)CC[C@H](CCNC[C@H]1CCCO1)c1ccc2c(c1)OCO2. The lowest BCUT2D eigenvalue weighted by molar-refractivity contribution is 0.110. The van der Waals surface area contributed by atoms with Crippen molar-refractivity contribution >= 4 is 0 Å². The van der Waals surface area contributed by atoms with Crippen molar-refractivity contribution in [3.05, 3.63) is 23.8 Å². The second kappa shape index (κ2) is 8.72. The van der Waals surface area contributed by atoms with E-state index in [9.17, 15) is 0 Å². The molecule has 24 heavy (non-hydrogen) atoms. The van der Waals surface area contributed by atoms with Crippen LogP contribution < -0.4 is 14.8 Å². The van der Waals surface area contributed by atoms with Crippen molar-refractivity contribution < 1.29 is 14.2 Å². The number of nitrogens with one attached hydrogen (secondary N) is 1. The first-order valence-electron chi connectivity index (χ1n) is 9.44. The van der Waals surface area contributed by atoms with Crippen LogP contribution in [-0.4, -0.2) is 32.6 Å². The van der Waals surface area contributed by atoms with E-state index in [2.05, 4.69) is 37.4 Å². The molecular weight excluding hydrogens is 302 g/mol. The summed E-state index contributed by atoms with van der Waals surface area (Å²) in [5.41, 5.74) is 1.37. The van der Waals surface area contributed by atoms with Gasteiger partial charge in [0.05, 0.1) is 6.10 Å². The maximum absolute atomic E-state index is 5.68. The van der Waals surface area contributed by atoms with E-state index in [0.717, 1.165) is 43.5 Å². The lowest BCUT2D eigenvalue weighted by Gasteiger charge is -2.20. The first-order chi connectivity index (χ1) is 11.7. The molecule has 4 heteroatoms. The second-order valence-electron chi connectivity index (χ2n) is 7.41. The Balaban J connectivity index is 1.53. The molecule has 0 saturated carbocycles. The molecule has 1 fully saturated rings. The fourth-order valence-corrected chi connectivity index (χ4v) is 3.52. The lowest BCUT2D eigenvalue weighted by atomic mass is 9.88. The highest BCUT2D eigenvalue weighted by Gasteiger charge is 2.19. The van der Waals surface area contributed by atoms with Gasteiger partial charge in [0.15, 0.2) is 11.5 Å². The summed E-state index contributed by atoms with van der Waals surface area (Å²) in [6.07, 6.45) is 6.46. The van der Waals surface area contributed by atoms with Gasteiger partial charge in [-0.1, -0.05) is 26.3 Å². The van der Waals surface area contributed by atoms with Gasteiger partial charge in [-0.15, -0.1) is 0 Å². The van der Waals surface area contributed by atoms with Crippen molar-refractivity contribution in [3.63, 3.8) is 0 Å². The number of rotatable bonds is 9. The first-order valence-corrected chi connectivity index (χ1v) is 9.44. The molecule has 4 nitrogen and oxygen atoms in total. The zero-order valence-corrected chi connectivity index (χ0v) is 15.1. The van der Waals surface area contributed by atoms with E-state index in [1.165, 1.54) is 31.2 Å². The molecule has 1 saturated heterocycles. The van der Waals surface area contributed by atoms with E-state index in [0.29, 0.717) is 18.8 Å². The Hall–Kier alpha value is -1.26. The first kappa shape index (κ1) is 17.6. The molecule has 0 radical (unpaired) electrons. The highest BCUT2D eigenvalue weighted by atomic mass is 16.7. The topological polar surface area (TPSA) is 39.7 Å². The van der Waals surface area contributed by atoms with Crippen molar-refractivity contribution in [3.8, 4) is 11.5 Å². The molecule has 2 aliphatic rings. The molecular formula is C20H31NO3. The number of hydrogen-bond donors (Lipinski definition) is 1. The zero-order chi connectivity index (χ0) is 16.8. The van der Waals surface area contributed by atoms with E-state index < -0.39 is 0 Å². The summed E-state index contributed by atoms with van der Waals surface area (Å²) in [6.45, 7) is 7.90. The normalized spacial score (nSPS) is 20.7. The summed E-state index contributed by atoms with van der Waals surface area (Å²) in [5.74, 6) is 3.08. The summed E-state index contributed by atoms with van der Waals surface area (Å²) in [7, 11) is 0. The Morgan fingerprint density at radius 1 is 1.12 bits per heavy atom. The van der Waals surface area contributed by atoms with Gasteiger partial charge >= 0.3 is 0 Å². The summed E-state index contributed by atoms with van der Waals surface area (Å²) >= 11 is 0. The fraction of sp³-hybridized carbons (Fsp3) is 0.700. The van der Waals surface area contributed by atoms with Gasteiger partial charge in [-0.3, -0.25) is 0 Å². The number of benzene rings is 1. The van der Waals surface area contributed by atoms with Crippen molar-refractivity contribution in [1.82, 2.24) is 5.32 Å². The third kappa shape index (κ3) is 4.87. The predicted molar refractivity (Wildman–Crippen MR) is 95.8 cm³/mol. The largest absolute Gasteiger partial charge is 0.454 e. The molecule has 1 aromatic carbocycles. The molecule has 2 aliphatic heterocycles. The predicted octanol–water partition coefficient (Wildman–Crippen LogP) is 4.09. The maximum atomic E-state index is 5.68. The quantitative estimate of drug-likeness (QED) is 0.691. The van der Waals surface area contributed by atoms with Gasteiger partial charge in [0.25, 0.3) is 0 Å². The van der Waals surface area contributed by atoms with Crippen LogP contribution in [0, 0.1) is 5.92 Å². The molecule has 0 amide bonds. The van der Waals surface area contributed by atoms with E-state index in [1.807, 2.05) is 0 Å². The van der Waals surface area contributed by atoms with E-state index in [4.69, 9.17) is 14.2 Å². The second-order valence-corrected chi connectivity index (χ2v) is 7.41.